The summed E-state index contributed by atoms with van der Waals surface area (Å²) < 4.78 is 5.41. The van der Waals surface area contributed by atoms with Crippen molar-refractivity contribution in [2.75, 3.05) is 33.4 Å². The molecular weight excluding hydrogens is 236 g/mol. The Kier molecular flexibility index (Phi) is 11.6. The maximum absolute atomic E-state index is 5.66. The highest BCUT2D eigenvalue weighted by Crippen LogP contribution is 2.13. The van der Waals surface area contributed by atoms with Gasteiger partial charge in [-0.1, -0.05) is 27.7 Å². The zero-order chi connectivity index (χ0) is 14.7. The molecule has 0 aromatic rings. The Hall–Kier alpha value is -0.120. The molecule has 3 heteroatoms. The van der Waals surface area contributed by atoms with Gasteiger partial charge >= 0.3 is 0 Å². The molecule has 0 aromatic carbocycles. The van der Waals surface area contributed by atoms with Gasteiger partial charge in [0.25, 0.3) is 0 Å². The van der Waals surface area contributed by atoms with Gasteiger partial charge in [-0.15, -0.1) is 0 Å². The SMILES string of the molecule is COCC(CCCN)N(CCC(C)C)CCC(C)C. The molecule has 0 aromatic heterocycles. The van der Waals surface area contributed by atoms with Gasteiger partial charge in [0.15, 0.2) is 0 Å². The molecule has 0 saturated heterocycles. The summed E-state index contributed by atoms with van der Waals surface area (Å²) in [6.45, 7) is 13.2. The maximum Gasteiger partial charge on any atom is 0.0618 e. The van der Waals surface area contributed by atoms with Crippen LogP contribution in [0.4, 0.5) is 0 Å². The van der Waals surface area contributed by atoms with Gasteiger partial charge in [0.1, 0.15) is 0 Å². The van der Waals surface area contributed by atoms with Gasteiger partial charge in [0, 0.05) is 13.2 Å². The highest BCUT2D eigenvalue weighted by atomic mass is 16.5. The molecule has 0 spiro atoms. The Bertz CT molecular complexity index is 183. The number of methoxy groups -OCH3 is 1. The van der Waals surface area contributed by atoms with Crippen molar-refractivity contribution in [3.8, 4) is 0 Å². The minimum Gasteiger partial charge on any atom is -0.383 e. The lowest BCUT2D eigenvalue weighted by Gasteiger charge is -2.32. The van der Waals surface area contributed by atoms with E-state index in [-0.39, 0.29) is 0 Å². The topological polar surface area (TPSA) is 38.5 Å². The van der Waals surface area contributed by atoms with Crippen molar-refractivity contribution >= 4 is 0 Å². The molecular formula is C16H36N2O. The molecule has 2 N–H and O–H groups in total. The Morgan fingerprint density at radius 1 is 0.947 bits per heavy atom. The summed E-state index contributed by atoms with van der Waals surface area (Å²) in [5, 5.41) is 0. The summed E-state index contributed by atoms with van der Waals surface area (Å²) in [4.78, 5) is 2.62. The average Bonchev–Trinajstić information content (AvgIpc) is 2.34. The maximum atomic E-state index is 5.66. The van der Waals surface area contributed by atoms with Crippen molar-refractivity contribution in [3.05, 3.63) is 0 Å². The first kappa shape index (κ1) is 18.9. The lowest BCUT2D eigenvalue weighted by Crippen LogP contribution is -2.41. The summed E-state index contributed by atoms with van der Waals surface area (Å²) in [5.41, 5.74) is 5.66. The normalized spacial score (nSPS) is 13.7. The molecule has 0 aliphatic heterocycles. The second-order valence-corrected chi connectivity index (χ2v) is 6.44. The molecule has 0 bridgehead atoms. The van der Waals surface area contributed by atoms with E-state index >= 15 is 0 Å². The third-order valence-corrected chi connectivity index (χ3v) is 3.60. The fraction of sp³-hybridized carbons (Fsp3) is 1.00. The zero-order valence-corrected chi connectivity index (χ0v) is 13.8. The lowest BCUT2D eigenvalue weighted by atomic mass is 10.0. The number of hydrogen-bond donors (Lipinski definition) is 1. The molecule has 0 heterocycles. The van der Waals surface area contributed by atoms with Crippen molar-refractivity contribution in [1.29, 1.82) is 0 Å². The number of nitrogens with zero attached hydrogens (tertiary/aromatic N) is 1. The van der Waals surface area contributed by atoms with Crippen LogP contribution in [0.25, 0.3) is 0 Å². The molecule has 0 aliphatic rings. The van der Waals surface area contributed by atoms with Gasteiger partial charge in [-0.05, 0) is 57.2 Å². The predicted octanol–water partition coefficient (Wildman–Crippen LogP) is 3.13. The Balaban J connectivity index is 4.42. The quantitative estimate of drug-likeness (QED) is 0.593. The first-order chi connectivity index (χ1) is 9.01. The lowest BCUT2D eigenvalue weighted by molar-refractivity contribution is 0.0775. The van der Waals surface area contributed by atoms with Gasteiger partial charge in [0.05, 0.1) is 6.61 Å². The molecule has 0 rings (SSSR count). The highest BCUT2D eigenvalue weighted by molar-refractivity contribution is 4.73. The van der Waals surface area contributed by atoms with Crippen LogP contribution in [-0.2, 0) is 4.74 Å². The van der Waals surface area contributed by atoms with E-state index in [2.05, 4.69) is 32.6 Å². The molecule has 0 fully saturated rings. The molecule has 3 nitrogen and oxygen atoms in total. The number of nitrogens with two attached hydrogens (primary N) is 1. The van der Waals surface area contributed by atoms with Crippen molar-refractivity contribution in [2.45, 2.75) is 59.4 Å². The van der Waals surface area contributed by atoms with Gasteiger partial charge in [-0.2, -0.15) is 0 Å². The second kappa shape index (κ2) is 11.7. The monoisotopic (exact) mass is 272 g/mol. The van der Waals surface area contributed by atoms with E-state index in [1.807, 2.05) is 0 Å². The van der Waals surface area contributed by atoms with E-state index in [0.29, 0.717) is 6.04 Å². The standard InChI is InChI=1S/C16H36N2O/c1-14(2)8-11-18(12-9-15(3)4)16(13-19-5)7-6-10-17/h14-16H,6-13,17H2,1-5H3. The van der Waals surface area contributed by atoms with E-state index in [0.717, 1.165) is 37.8 Å². The largest absolute Gasteiger partial charge is 0.383 e. The van der Waals surface area contributed by atoms with Crippen LogP contribution in [0.1, 0.15) is 53.4 Å². The Morgan fingerprint density at radius 2 is 1.47 bits per heavy atom. The van der Waals surface area contributed by atoms with E-state index in [4.69, 9.17) is 10.5 Å². The molecule has 1 unspecified atom stereocenters. The molecule has 0 amide bonds. The van der Waals surface area contributed by atoms with E-state index in [1.54, 1.807) is 7.11 Å². The van der Waals surface area contributed by atoms with Gasteiger partial charge in [-0.25, -0.2) is 0 Å². The molecule has 0 saturated carbocycles. The van der Waals surface area contributed by atoms with E-state index < -0.39 is 0 Å². The van der Waals surface area contributed by atoms with Gasteiger partial charge in [-0.3, -0.25) is 4.90 Å². The fourth-order valence-electron chi connectivity index (χ4n) is 2.24. The van der Waals surface area contributed by atoms with Crippen LogP contribution in [0.2, 0.25) is 0 Å². The van der Waals surface area contributed by atoms with Crippen molar-refractivity contribution in [1.82, 2.24) is 4.90 Å². The molecule has 1 atom stereocenters. The van der Waals surface area contributed by atoms with Crippen molar-refractivity contribution < 1.29 is 4.74 Å². The summed E-state index contributed by atoms with van der Waals surface area (Å²) in [6, 6.07) is 0.533. The molecule has 0 radical (unpaired) electrons. The summed E-state index contributed by atoms with van der Waals surface area (Å²) in [6.07, 6.45) is 4.77. The van der Waals surface area contributed by atoms with Crippen LogP contribution in [0.3, 0.4) is 0 Å². The first-order valence-corrected chi connectivity index (χ1v) is 7.94. The zero-order valence-electron chi connectivity index (χ0n) is 13.8. The predicted molar refractivity (Wildman–Crippen MR) is 84.4 cm³/mol. The van der Waals surface area contributed by atoms with Crippen LogP contribution in [-0.4, -0.2) is 44.3 Å². The summed E-state index contributed by atoms with van der Waals surface area (Å²) >= 11 is 0. The van der Waals surface area contributed by atoms with Crippen molar-refractivity contribution in [3.63, 3.8) is 0 Å². The van der Waals surface area contributed by atoms with Gasteiger partial charge < -0.3 is 10.5 Å². The number of ether oxygens (including phenoxy) is 1. The minimum absolute atomic E-state index is 0.533. The minimum atomic E-state index is 0.533. The second-order valence-electron chi connectivity index (χ2n) is 6.44. The average molecular weight is 272 g/mol. The van der Waals surface area contributed by atoms with Crippen LogP contribution >= 0.6 is 0 Å². The van der Waals surface area contributed by atoms with Crippen LogP contribution in [0.15, 0.2) is 0 Å². The molecule has 0 aliphatic carbocycles. The third kappa shape index (κ3) is 10.3. The molecule has 19 heavy (non-hydrogen) atoms. The van der Waals surface area contributed by atoms with E-state index in [9.17, 15) is 0 Å². The first-order valence-electron chi connectivity index (χ1n) is 7.94. The third-order valence-electron chi connectivity index (χ3n) is 3.60. The fourth-order valence-corrected chi connectivity index (χ4v) is 2.24. The van der Waals surface area contributed by atoms with Crippen LogP contribution in [0, 0.1) is 11.8 Å². The number of hydrogen-bond acceptors (Lipinski definition) is 3. The van der Waals surface area contributed by atoms with Crippen molar-refractivity contribution in [2.24, 2.45) is 17.6 Å². The molecule has 116 valence electrons. The number of rotatable bonds is 12. The summed E-state index contributed by atoms with van der Waals surface area (Å²) in [5.74, 6) is 1.53. The smallest absolute Gasteiger partial charge is 0.0618 e. The summed E-state index contributed by atoms with van der Waals surface area (Å²) in [7, 11) is 1.80. The van der Waals surface area contributed by atoms with Crippen LogP contribution in [0.5, 0.6) is 0 Å². The van der Waals surface area contributed by atoms with Gasteiger partial charge in [0.2, 0.25) is 0 Å². The highest BCUT2D eigenvalue weighted by Gasteiger charge is 2.18. The Labute approximate surface area is 120 Å². The Morgan fingerprint density at radius 3 is 1.84 bits per heavy atom. The van der Waals surface area contributed by atoms with E-state index in [1.165, 1.54) is 25.9 Å². The van der Waals surface area contributed by atoms with Crippen LogP contribution < -0.4 is 5.73 Å².